The van der Waals surface area contributed by atoms with Crippen molar-refractivity contribution in [1.29, 1.82) is 0 Å². The molecule has 9 heteroatoms. The molecular formula is C23H24N4O5. The summed E-state index contributed by atoms with van der Waals surface area (Å²) in [6.45, 7) is 2.15. The van der Waals surface area contributed by atoms with E-state index in [0.717, 1.165) is 58.6 Å². The number of benzene rings is 1. The highest BCUT2D eigenvalue weighted by Crippen LogP contribution is 2.40. The highest BCUT2D eigenvalue weighted by atomic mass is 16.6. The van der Waals surface area contributed by atoms with Crippen molar-refractivity contribution in [2.24, 2.45) is 0 Å². The fourth-order valence-corrected chi connectivity index (χ4v) is 4.42. The van der Waals surface area contributed by atoms with Crippen LogP contribution in [0.15, 0.2) is 35.1 Å². The van der Waals surface area contributed by atoms with Crippen LogP contribution in [0.3, 0.4) is 0 Å². The fraction of sp³-hybridized carbons (Fsp3) is 0.348. The van der Waals surface area contributed by atoms with Crippen LogP contribution < -0.4 is 15.0 Å². The van der Waals surface area contributed by atoms with Gasteiger partial charge in [0.05, 0.1) is 31.5 Å². The number of H-pyrrole nitrogens is 1. The van der Waals surface area contributed by atoms with Crippen LogP contribution >= 0.6 is 0 Å². The molecule has 0 saturated carbocycles. The van der Waals surface area contributed by atoms with Gasteiger partial charge in [-0.2, -0.15) is 5.10 Å². The van der Waals surface area contributed by atoms with Crippen molar-refractivity contribution >= 4 is 17.7 Å². The number of hydrogen-bond donors (Lipinski definition) is 2. The lowest BCUT2D eigenvalue weighted by molar-refractivity contribution is -0.119. The molecule has 2 aromatic heterocycles. The Morgan fingerprint density at radius 2 is 2.19 bits per heavy atom. The van der Waals surface area contributed by atoms with Crippen molar-refractivity contribution in [3.8, 4) is 28.3 Å². The maximum atomic E-state index is 12.4. The van der Waals surface area contributed by atoms with E-state index in [9.17, 15) is 9.59 Å². The van der Waals surface area contributed by atoms with Crippen LogP contribution in [0.25, 0.3) is 22.5 Å². The number of ether oxygens (including phenoxy) is 2. The van der Waals surface area contributed by atoms with Gasteiger partial charge in [-0.15, -0.1) is 0 Å². The van der Waals surface area contributed by atoms with Crippen molar-refractivity contribution in [2.45, 2.75) is 32.3 Å². The number of nitrogens with zero attached hydrogens (tertiary/aromatic N) is 2. The van der Waals surface area contributed by atoms with Gasteiger partial charge in [-0.05, 0) is 37.0 Å². The molecule has 1 aliphatic heterocycles. The molecule has 0 spiro atoms. The van der Waals surface area contributed by atoms with Gasteiger partial charge in [-0.1, -0.05) is 6.07 Å². The second-order valence-corrected chi connectivity index (χ2v) is 8.03. The molecule has 5 rings (SSSR count). The number of carbonyl (C=O) groups excluding carboxylic acids is 2. The number of furan rings is 1. The number of cyclic esters (lactones) is 1. The van der Waals surface area contributed by atoms with Gasteiger partial charge in [-0.3, -0.25) is 14.8 Å². The lowest BCUT2D eigenvalue weighted by atomic mass is 10.00. The van der Waals surface area contributed by atoms with E-state index in [1.165, 1.54) is 6.92 Å². The fourth-order valence-electron chi connectivity index (χ4n) is 4.42. The van der Waals surface area contributed by atoms with Crippen LogP contribution in [-0.2, 0) is 22.4 Å². The zero-order chi connectivity index (χ0) is 22.2. The van der Waals surface area contributed by atoms with Gasteiger partial charge in [0.25, 0.3) is 0 Å². The number of nitrogens with one attached hydrogen (secondary N) is 2. The highest BCUT2D eigenvalue weighted by molar-refractivity contribution is 5.91. The summed E-state index contributed by atoms with van der Waals surface area (Å²) >= 11 is 0. The SMILES string of the molecule is COc1cocc1-c1n[nH]c2c1CCCc1cc(N3CC(CNC(C)=O)OC3=O)ccc1-2. The van der Waals surface area contributed by atoms with E-state index in [4.69, 9.17) is 13.9 Å². The molecule has 9 nitrogen and oxygen atoms in total. The molecule has 0 bridgehead atoms. The molecule has 1 unspecified atom stereocenters. The van der Waals surface area contributed by atoms with E-state index >= 15 is 0 Å². The van der Waals surface area contributed by atoms with E-state index in [1.807, 2.05) is 18.2 Å². The van der Waals surface area contributed by atoms with Crippen molar-refractivity contribution in [3.63, 3.8) is 0 Å². The average Bonchev–Trinajstić information content (AvgIpc) is 3.47. The maximum Gasteiger partial charge on any atom is 0.414 e. The number of aryl methyl sites for hydroxylation is 1. The average molecular weight is 436 g/mol. The summed E-state index contributed by atoms with van der Waals surface area (Å²) in [6.07, 6.45) is 5.16. The molecule has 2 N–H and O–H groups in total. The van der Waals surface area contributed by atoms with Gasteiger partial charge in [0.15, 0.2) is 5.75 Å². The first kappa shape index (κ1) is 20.2. The number of rotatable bonds is 5. The first-order chi connectivity index (χ1) is 15.5. The van der Waals surface area contributed by atoms with Crippen molar-refractivity contribution < 1.29 is 23.5 Å². The summed E-state index contributed by atoms with van der Waals surface area (Å²) < 4.78 is 16.1. The van der Waals surface area contributed by atoms with Gasteiger partial charge in [-0.25, -0.2) is 4.79 Å². The minimum atomic E-state index is -0.398. The van der Waals surface area contributed by atoms with Crippen molar-refractivity contribution in [2.75, 3.05) is 25.1 Å². The maximum absolute atomic E-state index is 12.4. The Balaban J connectivity index is 1.44. The molecule has 1 aliphatic carbocycles. The third-order valence-corrected chi connectivity index (χ3v) is 5.96. The summed E-state index contributed by atoms with van der Waals surface area (Å²) in [4.78, 5) is 25.2. The van der Waals surface area contributed by atoms with Crippen LogP contribution in [0, 0.1) is 0 Å². The van der Waals surface area contributed by atoms with Crippen LogP contribution in [0.2, 0.25) is 0 Å². The molecule has 1 aromatic carbocycles. The molecule has 1 saturated heterocycles. The Morgan fingerprint density at radius 1 is 1.31 bits per heavy atom. The normalized spacial score (nSPS) is 17.4. The lowest BCUT2D eigenvalue weighted by Gasteiger charge is -2.16. The molecule has 32 heavy (non-hydrogen) atoms. The van der Waals surface area contributed by atoms with Gasteiger partial charge >= 0.3 is 6.09 Å². The summed E-state index contributed by atoms with van der Waals surface area (Å²) in [5.74, 6) is 0.507. The Kier molecular flexibility index (Phi) is 5.08. The minimum absolute atomic E-state index is 0.146. The molecule has 166 valence electrons. The number of aromatic amines is 1. The minimum Gasteiger partial charge on any atom is -0.493 e. The van der Waals surface area contributed by atoms with E-state index in [1.54, 1.807) is 24.5 Å². The number of hydrogen-bond acceptors (Lipinski definition) is 6. The van der Waals surface area contributed by atoms with Crippen LogP contribution in [0.5, 0.6) is 5.75 Å². The predicted octanol–water partition coefficient (Wildman–Crippen LogP) is 3.30. The second kappa shape index (κ2) is 8.07. The molecule has 2 amide bonds. The van der Waals surface area contributed by atoms with Crippen LogP contribution in [-0.4, -0.2) is 48.5 Å². The number of anilines is 1. The van der Waals surface area contributed by atoms with Gasteiger partial charge in [0.2, 0.25) is 5.91 Å². The third kappa shape index (κ3) is 3.49. The Hall–Kier alpha value is -3.75. The molecule has 3 aromatic rings. The summed E-state index contributed by atoms with van der Waals surface area (Å²) in [5, 5.41) is 10.5. The Labute approximate surface area is 184 Å². The highest BCUT2D eigenvalue weighted by Gasteiger charge is 2.33. The van der Waals surface area contributed by atoms with Gasteiger partial charge in [0, 0.05) is 23.7 Å². The molecule has 1 fully saturated rings. The molecular weight excluding hydrogens is 412 g/mol. The summed E-state index contributed by atoms with van der Waals surface area (Å²) in [5.41, 5.74) is 6.79. The van der Waals surface area contributed by atoms with Gasteiger partial charge in [0.1, 0.15) is 24.3 Å². The smallest absolute Gasteiger partial charge is 0.414 e. The van der Waals surface area contributed by atoms with Crippen molar-refractivity contribution in [1.82, 2.24) is 15.5 Å². The van der Waals surface area contributed by atoms with E-state index < -0.39 is 6.09 Å². The zero-order valence-electron chi connectivity index (χ0n) is 17.9. The molecule has 1 atom stereocenters. The number of fused-ring (bicyclic) bond motifs is 3. The number of carbonyl (C=O) groups is 2. The monoisotopic (exact) mass is 436 g/mol. The Morgan fingerprint density at radius 3 is 3.00 bits per heavy atom. The quantitative estimate of drug-likeness (QED) is 0.635. The standard InChI is InChI=1S/C23H24N4O5/c1-13(28)24-9-16-10-27(23(29)32-16)15-6-7-17-14(8-15)4-3-5-18-21(17)25-26-22(18)19-11-31-12-20(19)30-2/h6-8,11-12,16H,3-5,9-10H2,1-2H3,(H,24,28)(H,25,26). The van der Waals surface area contributed by atoms with E-state index in [0.29, 0.717) is 18.8 Å². The van der Waals surface area contributed by atoms with Crippen LogP contribution in [0.4, 0.5) is 10.5 Å². The first-order valence-electron chi connectivity index (χ1n) is 10.6. The molecule has 3 heterocycles. The first-order valence-corrected chi connectivity index (χ1v) is 10.6. The van der Waals surface area contributed by atoms with Crippen molar-refractivity contribution in [3.05, 3.63) is 41.9 Å². The number of aromatic nitrogens is 2. The molecule has 0 radical (unpaired) electrons. The second-order valence-electron chi connectivity index (χ2n) is 8.03. The predicted molar refractivity (Wildman–Crippen MR) is 117 cm³/mol. The van der Waals surface area contributed by atoms with Gasteiger partial charge < -0.3 is 19.2 Å². The Bertz CT molecular complexity index is 1180. The third-order valence-electron chi connectivity index (χ3n) is 5.96. The number of amides is 2. The van der Waals surface area contributed by atoms with E-state index in [2.05, 4.69) is 15.5 Å². The van der Waals surface area contributed by atoms with E-state index in [-0.39, 0.29) is 12.0 Å². The summed E-state index contributed by atoms with van der Waals surface area (Å²) in [6, 6.07) is 6.00. The topological polar surface area (TPSA) is 110 Å². The zero-order valence-corrected chi connectivity index (χ0v) is 17.9. The number of methoxy groups -OCH3 is 1. The lowest BCUT2D eigenvalue weighted by Crippen LogP contribution is -2.33. The van der Waals surface area contributed by atoms with Crippen LogP contribution in [0.1, 0.15) is 24.5 Å². The largest absolute Gasteiger partial charge is 0.493 e. The molecule has 2 aliphatic rings. The summed E-state index contributed by atoms with van der Waals surface area (Å²) in [7, 11) is 1.61.